The van der Waals surface area contributed by atoms with E-state index in [1.54, 1.807) is 6.07 Å². The van der Waals surface area contributed by atoms with Gasteiger partial charge in [-0.25, -0.2) is 0 Å². The Morgan fingerprint density at radius 3 is 2.50 bits per heavy atom. The lowest BCUT2D eigenvalue weighted by atomic mass is 10.1. The summed E-state index contributed by atoms with van der Waals surface area (Å²) in [6.07, 6.45) is 0. The minimum absolute atomic E-state index is 0.0492. The first-order valence-electron chi connectivity index (χ1n) is 6.42. The van der Waals surface area contributed by atoms with Crippen molar-refractivity contribution in [1.29, 1.82) is 0 Å². The zero-order valence-electron chi connectivity index (χ0n) is 12.0. The van der Waals surface area contributed by atoms with E-state index in [0.29, 0.717) is 11.6 Å². The van der Waals surface area contributed by atoms with E-state index < -0.39 is 5.91 Å². The van der Waals surface area contributed by atoms with E-state index in [-0.39, 0.29) is 29.9 Å². The van der Waals surface area contributed by atoms with Gasteiger partial charge < -0.3 is 21.5 Å². The number of hydrogen-bond donors (Lipinski definition) is 3. The van der Waals surface area contributed by atoms with Crippen molar-refractivity contribution in [3.63, 3.8) is 0 Å². The van der Waals surface area contributed by atoms with E-state index >= 15 is 0 Å². The predicted molar refractivity (Wildman–Crippen MR) is 77.3 cm³/mol. The molecule has 1 aromatic rings. The number of ether oxygens (including phenoxy) is 1. The van der Waals surface area contributed by atoms with Gasteiger partial charge in [-0.1, -0.05) is 13.8 Å². The van der Waals surface area contributed by atoms with Gasteiger partial charge in [-0.05, 0) is 31.0 Å². The van der Waals surface area contributed by atoms with Crippen LogP contribution in [0.4, 0.5) is 5.69 Å². The topological polar surface area (TPSA) is 107 Å². The molecule has 0 heterocycles. The zero-order chi connectivity index (χ0) is 15.3. The summed E-state index contributed by atoms with van der Waals surface area (Å²) in [6.45, 7) is 5.76. The Balaban J connectivity index is 2.66. The van der Waals surface area contributed by atoms with E-state index in [9.17, 15) is 9.59 Å². The standard InChI is InChI=1S/C14H21N3O3/c1-8(2)9(3)17-13(18)7-20-12-5-4-10(15)6-11(12)14(16)19/h4-6,8-9H,7,15H2,1-3H3,(H2,16,19)(H,17,18). The number of hydrogen-bond acceptors (Lipinski definition) is 4. The van der Waals surface area contributed by atoms with Crippen LogP contribution < -0.4 is 21.5 Å². The summed E-state index contributed by atoms with van der Waals surface area (Å²) in [5.74, 6) is -0.322. The monoisotopic (exact) mass is 279 g/mol. The third kappa shape index (κ3) is 4.46. The first kappa shape index (κ1) is 15.8. The molecule has 20 heavy (non-hydrogen) atoms. The SMILES string of the molecule is CC(C)C(C)NC(=O)COc1ccc(N)cc1C(N)=O. The Morgan fingerprint density at radius 2 is 1.95 bits per heavy atom. The summed E-state index contributed by atoms with van der Waals surface area (Å²) in [6, 6.07) is 4.57. The van der Waals surface area contributed by atoms with Crippen molar-refractivity contribution in [3.8, 4) is 5.75 Å². The summed E-state index contributed by atoms with van der Waals surface area (Å²) in [4.78, 5) is 23.0. The Bertz CT molecular complexity index is 500. The average molecular weight is 279 g/mol. The summed E-state index contributed by atoms with van der Waals surface area (Å²) >= 11 is 0. The summed E-state index contributed by atoms with van der Waals surface area (Å²) in [7, 11) is 0. The van der Waals surface area contributed by atoms with E-state index in [2.05, 4.69) is 5.32 Å². The molecule has 6 nitrogen and oxygen atoms in total. The number of nitrogens with two attached hydrogens (primary N) is 2. The number of benzene rings is 1. The minimum atomic E-state index is -0.650. The molecule has 5 N–H and O–H groups in total. The third-order valence-electron chi connectivity index (χ3n) is 3.02. The molecule has 2 amide bonds. The fourth-order valence-electron chi connectivity index (χ4n) is 1.47. The number of anilines is 1. The van der Waals surface area contributed by atoms with Crippen LogP contribution in [0.3, 0.4) is 0 Å². The van der Waals surface area contributed by atoms with Gasteiger partial charge >= 0.3 is 0 Å². The molecule has 0 radical (unpaired) electrons. The third-order valence-corrected chi connectivity index (χ3v) is 3.02. The van der Waals surface area contributed by atoms with Crippen molar-refractivity contribution in [2.24, 2.45) is 11.7 Å². The van der Waals surface area contributed by atoms with Gasteiger partial charge in [0.25, 0.3) is 11.8 Å². The van der Waals surface area contributed by atoms with Crippen molar-refractivity contribution in [2.45, 2.75) is 26.8 Å². The highest BCUT2D eigenvalue weighted by molar-refractivity contribution is 5.96. The van der Waals surface area contributed by atoms with Gasteiger partial charge in [0.05, 0.1) is 5.56 Å². The second-order valence-corrected chi connectivity index (χ2v) is 5.01. The van der Waals surface area contributed by atoms with Gasteiger partial charge in [0.15, 0.2) is 6.61 Å². The number of nitrogen functional groups attached to an aromatic ring is 1. The van der Waals surface area contributed by atoms with Crippen LogP contribution in [-0.2, 0) is 4.79 Å². The quantitative estimate of drug-likeness (QED) is 0.672. The lowest BCUT2D eigenvalue weighted by molar-refractivity contribution is -0.124. The van der Waals surface area contributed by atoms with E-state index in [0.717, 1.165) is 0 Å². The number of nitrogens with one attached hydrogen (secondary N) is 1. The number of amides is 2. The maximum Gasteiger partial charge on any atom is 0.258 e. The number of carbonyl (C=O) groups excluding carboxylic acids is 2. The molecule has 1 aromatic carbocycles. The minimum Gasteiger partial charge on any atom is -0.483 e. The molecule has 0 saturated heterocycles. The Hall–Kier alpha value is -2.24. The smallest absolute Gasteiger partial charge is 0.258 e. The van der Waals surface area contributed by atoms with Crippen molar-refractivity contribution in [1.82, 2.24) is 5.32 Å². The molecule has 1 rings (SSSR count). The molecular formula is C14H21N3O3. The summed E-state index contributed by atoms with van der Waals surface area (Å²) in [5.41, 5.74) is 11.4. The molecule has 0 bridgehead atoms. The van der Waals surface area contributed by atoms with Crippen molar-refractivity contribution >= 4 is 17.5 Å². The Morgan fingerprint density at radius 1 is 1.30 bits per heavy atom. The highest BCUT2D eigenvalue weighted by atomic mass is 16.5. The average Bonchev–Trinajstić information content (AvgIpc) is 2.36. The molecule has 0 aliphatic carbocycles. The molecule has 0 aromatic heterocycles. The molecule has 0 fully saturated rings. The van der Waals surface area contributed by atoms with Crippen molar-refractivity contribution in [2.75, 3.05) is 12.3 Å². The van der Waals surface area contributed by atoms with Crippen LogP contribution in [0.15, 0.2) is 18.2 Å². The first-order chi connectivity index (χ1) is 9.31. The highest BCUT2D eigenvalue weighted by Gasteiger charge is 2.14. The van der Waals surface area contributed by atoms with Gasteiger partial charge in [0.2, 0.25) is 0 Å². The summed E-state index contributed by atoms with van der Waals surface area (Å²) < 4.78 is 5.33. The molecule has 0 saturated carbocycles. The maximum atomic E-state index is 11.7. The van der Waals surface area contributed by atoms with E-state index in [1.165, 1.54) is 12.1 Å². The number of primary amides is 1. The van der Waals surface area contributed by atoms with Crippen LogP contribution >= 0.6 is 0 Å². The van der Waals surface area contributed by atoms with Crippen molar-refractivity contribution < 1.29 is 14.3 Å². The van der Waals surface area contributed by atoms with Crippen LogP contribution in [0.1, 0.15) is 31.1 Å². The molecule has 0 spiro atoms. The van der Waals surface area contributed by atoms with E-state index in [1.807, 2.05) is 20.8 Å². The van der Waals surface area contributed by atoms with Crippen LogP contribution in [-0.4, -0.2) is 24.5 Å². The Labute approximate surface area is 118 Å². The predicted octanol–water partition coefficient (Wildman–Crippen LogP) is 0.907. The number of carbonyl (C=O) groups is 2. The van der Waals surface area contributed by atoms with Gasteiger partial charge in [-0.15, -0.1) is 0 Å². The Kier molecular flexibility index (Phi) is 5.37. The molecular weight excluding hydrogens is 258 g/mol. The highest BCUT2D eigenvalue weighted by Crippen LogP contribution is 2.20. The first-order valence-corrected chi connectivity index (χ1v) is 6.42. The van der Waals surface area contributed by atoms with Crippen LogP contribution in [0.2, 0.25) is 0 Å². The van der Waals surface area contributed by atoms with Gasteiger partial charge in [0, 0.05) is 11.7 Å². The molecule has 6 heteroatoms. The van der Waals surface area contributed by atoms with Crippen LogP contribution in [0.25, 0.3) is 0 Å². The van der Waals surface area contributed by atoms with Gasteiger partial charge in [-0.2, -0.15) is 0 Å². The molecule has 0 aliphatic heterocycles. The second-order valence-electron chi connectivity index (χ2n) is 5.01. The second kappa shape index (κ2) is 6.79. The van der Waals surface area contributed by atoms with Gasteiger partial charge in [-0.3, -0.25) is 9.59 Å². The number of rotatable bonds is 6. The summed E-state index contributed by atoms with van der Waals surface area (Å²) in [5, 5.41) is 2.80. The van der Waals surface area contributed by atoms with Crippen LogP contribution in [0.5, 0.6) is 5.75 Å². The molecule has 1 unspecified atom stereocenters. The van der Waals surface area contributed by atoms with E-state index in [4.69, 9.17) is 16.2 Å². The molecule has 1 atom stereocenters. The van der Waals surface area contributed by atoms with Gasteiger partial charge in [0.1, 0.15) is 5.75 Å². The normalized spacial score (nSPS) is 12.0. The molecule has 0 aliphatic rings. The largest absolute Gasteiger partial charge is 0.483 e. The lowest BCUT2D eigenvalue weighted by Gasteiger charge is -2.17. The zero-order valence-corrected chi connectivity index (χ0v) is 12.0. The fourth-order valence-corrected chi connectivity index (χ4v) is 1.47. The lowest BCUT2D eigenvalue weighted by Crippen LogP contribution is -2.39. The van der Waals surface area contributed by atoms with Crippen molar-refractivity contribution in [3.05, 3.63) is 23.8 Å². The maximum absolute atomic E-state index is 11.7. The fraction of sp³-hybridized carbons (Fsp3) is 0.429. The molecule has 110 valence electrons. The van der Waals surface area contributed by atoms with Crippen LogP contribution in [0, 0.1) is 5.92 Å².